The van der Waals surface area contributed by atoms with Gasteiger partial charge in [0.1, 0.15) is 17.7 Å². The van der Waals surface area contributed by atoms with Gasteiger partial charge in [-0.1, -0.05) is 30.3 Å². The molecule has 0 radical (unpaired) electrons. The molecule has 2 saturated heterocycles. The first-order valence-corrected chi connectivity index (χ1v) is 16.7. The lowest BCUT2D eigenvalue weighted by molar-refractivity contribution is -0.137. The summed E-state index contributed by atoms with van der Waals surface area (Å²) in [4.78, 5) is 26.1. The minimum absolute atomic E-state index is 0.0888. The molecule has 2 fully saturated rings. The maximum Gasteiger partial charge on any atom is 0.416 e. The summed E-state index contributed by atoms with van der Waals surface area (Å²) >= 11 is 0. The van der Waals surface area contributed by atoms with Gasteiger partial charge in [0.25, 0.3) is 0 Å². The summed E-state index contributed by atoms with van der Waals surface area (Å²) < 4.78 is 95.5. The zero-order valence-corrected chi connectivity index (χ0v) is 26.3. The van der Waals surface area contributed by atoms with Gasteiger partial charge in [-0.05, 0) is 61.4 Å². The number of alkyl halides is 3. The van der Waals surface area contributed by atoms with Crippen molar-refractivity contribution in [3.05, 3.63) is 102 Å². The molecule has 2 aliphatic rings. The Morgan fingerprint density at radius 1 is 0.854 bits per heavy atom. The number of sulfonamides is 1. The van der Waals surface area contributed by atoms with Gasteiger partial charge in [-0.25, -0.2) is 27.2 Å². The number of carbonyl (C=O) groups excluding carboxylic acids is 1. The molecule has 3 heterocycles. The van der Waals surface area contributed by atoms with E-state index in [1.807, 2.05) is 9.80 Å². The SMILES string of the molecule is O=C(NCc1cc(-c2ccc(C(F)(F)F)cc2)nc(N2CCN(c3ccccc3F)CC2)n1)C1CCCN1S(=O)(=O)c1cccc(F)c1. The van der Waals surface area contributed by atoms with Crippen molar-refractivity contribution in [1.82, 2.24) is 19.6 Å². The normalized spacial score (nSPS) is 17.5. The highest BCUT2D eigenvalue weighted by Crippen LogP contribution is 2.32. The molecular weight excluding hydrogens is 655 g/mol. The van der Waals surface area contributed by atoms with Crippen LogP contribution < -0.4 is 15.1 Å². The molecule has 1 N–H and O–H groups in total. The fourth-order valence-electron chi connectivity index (χ4n) is 5.90. The minimum Gasteiger partial charge on any atom is -0.366 e. The number of nitrogens with zero attached hydrogens (tertiary/aromatic N) is 5. The van der Waals surface area contributed by atoms with Gasteiger partial charge in [0.05, 0.1) is 34.1 Å². The summed E-state index contributed by atoms with van der Waals surface area (Å²) in [6.07, 6.45) is -3.82. The quantitative estimate of drug-likeness (QED) is 0.254. The molecule has 2 aliphatic heterocycles. The van der Waals surface area contributed by atoms with Crippen molar-refractivity contribution in [3.8, 4) is 11.3 Å². The van der Waals surface area contributed by atoms with Crippen molar-refractivity contribution in [2.75, 3.05) is 42.5 Å². The van der Waals surface area contributed by atoms with Crippen LogP contribution in [0.25, 0.3) is 11.3 Å². The van der Waals surface area contributed by atoms with E-state index in [0.29, 0.717) is 55.2 Å². The first kappa shape index (κ1) is 33.3. The maximum absolute atomic E-state index is 14.4. The van der Waals surface area contributed by atoms with Gasteiger partial charge in [-0.3, -0.25) is 4.79 Å². The van der Waals surface area contributed by atoms with Crippen LogP contribution in [0.1, 0.15) is 24.1 Å². The molecule has 252 valence electrons. The number of piperazine rings is 1. The lowest BCUT2D eigenvalue weighted by Gasteiger charge is -2.36. The summed E-state index contributed by atoms with van der Waals surface area (Å²) in [7, 11) is -4.15. The Balaban J connectivity index is 1.23. The summed E-state index contributed by atoms with van der Waals surface area (Å²) in [5, 5.41) is 2.75. The van der Waals surface area contributed by atoms with Crippen molar-refractivity contribution in [2.45, 2.75) is 36.5 Å². The number of amides is 1. The molecule has 1 atom stereocenters. The van der Waals surface area contributed by atoms with Gasteiger partial charge in [0.2, 0.25) is 21.9 Å². The highest BCUT2D eigenvalue weighted by molar-refractivity contribution is 7.89. The molecule has 0 bridgehead atoms. The fourth-order valence-corrected chi connectivity index (χ4v) is 7.59. The Morgan fingerprint density at radius 2 is 1.56 bits per heavy atom. The summed E-state index contributed by atoms with van der Waals surface area (Å²) in [6, 6.07) is 16.1. The second-order valence-corrected chi connectivity index (χ2v) is 13.4. The van der Waals surface area contributed by atoms with Crippen molar-refractivity contribution < 1.29 is 35.2 Å². The molecule has 0 spiro atoms. The van der Waals surface area contributed by atoms with Crippen molar-refractivity contribution in [3.63, 3.8) is 0 Å². The monoisotopic (exact) mass is 686 g/mol. The van der Waals surface area contributed by atoms with E-state index in [0.717, 1.165) is 28.6 Å². The van der Waals surface area contributed by atoms with Crippen molar-refractivity contribution >= 4 is 27.6 Å². The van der Waals surface area contributed by atoms with Crippen LogP contribution in [-0.2, 0) is 27.5 Å². The van der Waals surface area contributed by atoms with Crippen LogP contribution >= 0.6 is 0 Å². The van der Waals surface area contributed by atoms with E-state index < -0.39 is 39.5 Å². The largest absolute Gasteiger partial charge is 0.416 e. The predicted octanol–water partition coefficient (Wildman–Crippen LogP) is 5.24. The van der Waals surface area contributed by atoms with Gasteiger partial charge in [0, 0.05) is 38.3 Å². The molecule has 3 aromatic carbocycles. The van der Waals surface area contributed by atoms with Gasteiger partial charge in [-0.15, -0.1) is 0 Å². The summed E-state index contributed by atoms with van der Waals surface area (Å²) in [6.45, 7) is 1.72. The topological polar surface area (TPSA) is 98.7 Å². The molecule has 0 aliphatic carbocycles. The lowest BCUT2D eigenvalue weighted by Crippen LogP contribution is -2.47. The van der Waals surface area contributed by atoms with Crippen molar-refractivity contribution in [2.24, 2.45) is 0 Å². The van der Waals surface area contributed by atoms with Gasteiger partial charge in [-0.2, -0.15) is 17.5 Å². The lowest BCUT2D eigenvalue weighted by atomic mass is 10.1. The Bertz CT molecular complexity index is 1900. The van der Waals surface area contributed by atoms with Gasteiger partial charge >= 0.3 is 6.18 Å². The number of carbonyl (C=O) groups is 1. The molecule has 1 unspecified atom stereocenters. The average Bonchev–Trinajstić information content (AvgIpc) is 3.59. The van der Waals surface area contributed by atoms with Crippen LogP contribution in [0.2, 0.25) is 0 Å². The third-order valence-electron chi connectivity index (χ3n) is 8.38. The van der Waals surface area contributed by atoms with Crippen LogP contribution in [0.4, 0.5) is 33.6 Å². The molecule has 0 saturated carbocycles. The maximum atomic E-state index is 14.4. The van der Waals surface area contributed by atoms with Crippen LogP contribution in [0.3, 0.4) is 0 Å². The third kappa shape index (κ3) is 7.11. The summed E-state index contributed by atoms with van der Waals surface area (Å²) in [5.74, 6) is -1.34. The van der Waals surface area contributed by atoms with Crippen LogP contribution in [0.5, 0.6) is 0 Å². The van der Waals surface area contributed by atoms with E-state index >= 15 is 0 Å². The highest BCUT2D eigenvalue weighted by atomic mass is 32.2. The minimum atomic E-state index is -4.51. The van der Waals surface area contributed by atoms with Crippen molar-refractivity contribution in [1.29, 1.82) is 0 Å². The number of benzene rings is 3. The molecule has 6 rings (SSSR count). The van der Waals surface area contributed by atoms with Crippen LogP contribution in [-0.4, -0.2) is 67.4 Å². The Kier molecular flexibility index (Phi) is 9.34. The van der Waals surface area contributed by atoms with Gasteiger partial charge in [0.15, 0.2) is 0 Å². The predicted molar refractivity (Wildman–Crippen MR) is 168 cm³/mol. The molecule has 48 heavy (non-hydrogen) atoms. The van der Waals surface area contributed by atoms with Crippen LogP contribution in [0.15, 0.2) is 83.8 Å². The second-order valence-electron chi connectivity index (χ2n) is 11.5. The standard InChI is InChI=1S/C33H31F5N6O3S/c34-24-5-3-6-26(19-24)48(46,47)44-14-4-9-30(44)31(45)39-21-25-20-28(22-10-12-23(13-11-22)33(36,37)38)41-32(40-25)43-17-15-42(16-18-43)29-8-2-1-7-27(29)35/h1-3,5-8,10-13,19-20,30H,4,9,14-18,21H2,(H,39,45). The molecular formula is C33H31F5N6O3S. The first-order valence-electron chi connectivity index (χ1n) is 15.3. The Morgan fingerprint density at radius 3 is 2.25 bits per heavy atom. The second kappa shape index (κ2) is 13.5. The molecule has 4 aromatic rings. The fraction of sp³-hybridized carbons (Fsp3) is 0.303. The zero-order valence-electron chi connectivity index (χ0n) is 25.5. The van der Waals surface area contributed by atoms with E-state index in [1.165, 1.54) is 30.3 Å². The number of aromatic nitrogens is 2. The number of anilines is 2. The van der Waals surface area contributed by atoms with Gasteiger partial charge < -0.3 is 15.1 Å². The summed E-state index contributed by atoms with van der Waals surface area (Å²) in [5.41, 5.74) is 0.724. The average molecular weight is 687 g/mol. The third-order valence-corrected chi connectivity index (χ3v) is 10.3. The number of para-hydroxylation sites is 1. The zero-order chi connectivity index (χ0) is 34.1. The molecule has 15 heteroatoms. The molecule has 9 nitrogen and oxygen atoms in total. The number of halogens is 5. The smallest absolute Gasteiger partial charge is 0.366 e. The van der Waals surface area contributed by atoms with E-state index in [1.54, 1.807) is 24.3 Å². The Hall–Kier alpha value is -4.63. The van der Waals surface area contributed by atoms with E-state index in [2.05, 4.69) is 15.3 Å². The van der Waals surface area contributed by atoms with E-state index in [9.17, 15) is 35.2 Å². The highest BCUT2D eigenvalue weighted by Gasteiger charge is 2.39. The van der Waals surface area contributed by atoms with E-state index in [-0.39, 0.29) is 36.2 Å². The first-order chi connectivity index (χ1) is 22.9. The number of hydrogen-bond acceptors (Lipinski definition) is 7. The number of rotatable bonds is 8. The van der Waals surface area contributed by atoms with Crippen LogP contribution in [0, 0.1) is 11.6 Å². The Labute approximate surface area is 274 Å². The number of hydrogen-bond donors (Lipinski definition) is 1. The number of nitrogens with one attached hydrogen (secondary N) is 1. The van der Waals surface area contributed by atoms with E-state index in [4.69, 9.17) is 0 Å². The molecule has 1 aromatic heterocycles. The molecule has 1 amide bonds.